The van der Waals surface area contributed by atoms with Gasteiger partial charge in [0.05, 0.1) is 0 Å². The molecular weight excluding hydrogens is 246 g/mol. The molecule has 2 heteroatoms. The first-order valence-corrected chi connectivity index (χ1v) is 8.08. The molecule has 2 unspecified atom stereocenters. The Bertz CT molecular complexity index is 347. The minimum Gasteiger partial charge on any atom is -0.492 e. The average Bonchev–Trinajstić information content (AvgIpc) is 2.47. The minimum atomic E-state index is 0.395. The first-order chi connectivity index (χ1) is 9.65. The van der Waals surface area contributed by atoms with E-state index in [9.17, 15) is 0 Å². The molecule has 2 nitrogen and oxygen atoms in total. The number of nitrogens with one attached hydrogen (secondary N) is 1. The lowest BCUT2D eigenvalue weighted by Gasteiger charge is -2.20. The van der Waals surface area contributed by atoms with Gasteiger partial charge in [-0.25, -0.2) is 0 Å². The van der Waals surface area contributed by atoms with Crippen molar-refractivity contribution in [2.45, 2.75) is 59.4 Å². The first kappa shape index (κ1) is 17.0. The number of rotatable bonds is 10. The van der Waals surface area contributed by atoms with Crippen LogP contribution in [-0.4, -0.2) is 19.2 Å². The van der Waals surface area contributed by atoms with Gasteiger partial charge in [-0.05, 0) is 44.9 Å². The van der Waals surface area contributed by atoms with Gasteiger partial charge in [-0.1, -0.05) is 50.8 Å². The molecule has 114 valence electrons. The molecule has 1 aromatic carbocycles. The molecule has 0 fully saturated rings. The highest BCUT2D eigenvalue weighted by Crippen LogP contribution is 2.13. The molecule has 0 amide bonds. The molecule has 0 aliphatic rings. The number of ether oxygens (including phenoxy) is 1. The Morgan fingerprint density at radius 2 is 1.85 bits per heavy atom. The van der Waals surface area contributed by atoms with Crippen molar-refractivity contribution in [2.24, 2.45) is 5.92 Å². The fourth-order valence-corrected chi connectivity index (χ4v) is 2.23. The summed E-state index contributed by atoms with van der Waals surface area (Å²) in [5.41, 5.74) is 1.27. The molecular formula is C18H31NO. The summed E-state index contributed by atoms with van der Waals surface area (Å²) in [6.07, 6.45) is 5.24. The summed E-state index contributed by atoms with van der Waals surface area (Å²) < 4.78 is 5.81. The van der Waals surface area contributed by atoms with Crippen molar-refractivity contribution in [3.05, 3.63) is 29.8 Å². The Hall–Kier alpha value is -1.02. The van der Waals surface area contributed by atoms with Crippen LogP contribution in [0.4, 0.5) is 0 Å². The molecule has 0 bridgehead atoms. The van der Waals surface area contributed by atoms with Crippen LogP contribution in [0, 0.1) is 12.8 Å². The molecule has 1 aromatic rings. The second-order valence-electron chi connectivity index (χ2n) is 5.85. The number of benzene rings is 1. The molecule has 0 radical (unpaired) electrons. The van der Waals surface area contributed by atoms with Gasteiger partial charge in [0.2, 0.25) is 0 Å². The summed E-state index contributed by atoms with van der Waals surface area (Å²) in [4.78, 5) is 0. The van der Waals surface area contributed by atoms with Crippen LogP contribution in [0.15, 0.2) is 24.3 Å². The summed E-state index contributed by atoms with van der Waals surface area (Å²) in [5.74, 6) is 1.76. The number of hydrogen-bond acceptors (Lipinski definition) is 2. The third-order valence-corrected chi connectivity index (χ3v) is 3.82. The van der Waals surface area contributed by atoms with E-state index in [0.29, 0.717) is 6.04 Å². The van der Waals surface area contributed by atoms with E-state index in [0.717, 1.165) is 24.8 Å². The normalized spacial score (nSPS) is 14.0. The smallest absolute Gasteiger partial charge is 0.119 e. The number of hydrogen-bond donors (Lipinski definition) is 1. The van der Waals surface area contributed by atoms with Crippen molar-refractivity contribution in [2.75, 3.05) is 13.2 Å². The van der Waals surface area contributed by atoms with Crippen LogP contribution in [0.25, 0.3) is 0 Å². The summed E-state index contributed by atoms with van der Waals surface area (Å²) in [7, 11) is 0. The van der Waals surface area contributed by atoms with Crippen molar-refractivity contribution in [3.63, 3.8) is 0 Å². The zero-order chi connectivity index (χ0) is 14.8. The van der Waals surface area contributed by atoms with Gasteiger partial charge in [0.15, 0.2) is 0 Å². The Morgan fingerprint density at radius 3 is 2.45 bits per heavy atom. The molecule has 0 aliphatic heterocycles. The van der Waals surface area contributed by atoms with E-state index < -0.39 is 0 Å². The molecule has 1 N–H and O–H groups in total. The number of aryl methyl sites for hydroxylation is 1. The van der Waals surface area contributed by atoms with Gasteiger partial charge in [0.25, 0.3) is 0 Å². The maximum atomic E-state index is 5.81. The van der Waals surface area contributed by atoms with Crippen molar-refractivity contribution < 1.29 is 4.74 Å². The Balaban J connectivity index is 2.22. The van der Waals surface area contributed by atoms with Crippen LogP contribution in [0.2, 0.25) is 0 Å². The summed E-state index contributed by atoms with van der Waals surface area (Å²) >= 11 is 0. The third kappa shape index (κ3) is 6.95. The van der Waals surface area contributed by atoms with Gasteiger partial charge in [-0.2, -0.15) is 0 Å². The van der Waals surface area contributed by atoms with Crippen molar-refractivity contribution in [3.8, 4) is 5.75 Å². The quantitative estimate of drug-likeness (QED) is 0.676. The van der Waals surface area contributed by atoms with Crippen LogP contribution in [0.5, 0.6) is 5.75 Å². The molecule has 20 heavy (non-hydrogen) atoms. The highest BCUT2D eigenvalue weighted by molar-refractivity contribution is 5.26. The van der Waals surface area contributed by atoms with Gasteiger partial charge in [0.1, 0.15) is 12.4 Å². The highest BCUT2D eigenvalue weighted by atomic mass is 16.5. The predicted octanol–water partition coefficient (Wildman–Crippen LogP) is 4.57. The Labute approximate surface area is 124 Å². The Kier molecular flexibility index (Phi) is 8.36. The second-order valence-corrected chi connectivity index (χ2v) is 5.85. The molecule has 0 spiro atoms. The highest BCUT2D eigenvalue weighted by Gasteiger charge is 2.08. The van der Waals surface area contributed by atoms with E-state index in [1.807, 2.05) is 12.1 Å². The van der Waals surface area contributed by atoms with Gasteiger partial charge in [-0.3, -0.25) is 0 Å². The zero-order valence-electron chi connectivity index (χ0n) is 13.6. The first-order valence-electron chi connectivity index (χ1n) is 8.08. The summed E-state index contributed by atoms with van der Waals surface area (Å²) in [6, 6.07) is 8.65. The topological polar surface area (TPSA) is 21.3 Å². The SMILES string of the molecule is CCCCC(CC)CNC(C)COc1ccc(C)cc1. The molecule has 0 aromatic heterocycles. The van der Waals surface area contributed by atoms with E-state index in [1.54, 1.807) is 0 Å². The van der Waals surface area contributed by atoms with Gasteiger partial charge >= 0.3 is 0 Å². The lowest BCUT2D eigenvalue weighted by atomic mass is 9.99. The molecule has 1 rings (SSSR count). The van der Waals surface area contributed by atoms with Crippen LogP contribution in [0.1, 0.15) is 52.0 Å². The van der Waals surface area contributed by atoms with Crippen LogP contribution >= 0.6 is 0 Å². The molecule has 2 atom stereocenters. The standard InChI is InChI=1S/C18H31NO/c1-5-7-8-17(6-2)13-19-16(4)14-20-18-11-9-15(3)10-12-18/h9-12,16-17,19H,5-8,13-14H2,1-4H3. The molecule has 0 saturated carbocycles. The van der Waals surface area contributed by atoms with Crippen LogP contribution < -0.4 is 10.1 Å². The van der Waals surface area contributed by atoms with E-state index >= 15 is 0 Å². The van der Waals surface area contributed by atoms with Crippen molar-refractivity contribution in [1.29, 1.82) is 0 Å². The monoisotopic (exact) mass is 277 g/mol. The van der Waals surface area contributed by atoms with E-state index in [1.165, 1.54) is 31.2 Å². The van der Waals surface area contributed by atoms with E-state index in [-0.39, 0.29) is 0 Å². The van der Waals surface area contributed by atoms with Crippen LogP contribution in [-0.2, 0) is 0 Å². The maximum Gasteiger partial charge on any atom is 0.119 e. The van der Waals surface area contributed by atoms with Crippen molar-refractivity contribution >= 4 is 0 Å². The fraction of sp³-hybridized carbons (Fsp3) is 0.667. The molecule has 0 heterocycles. The number of unbranched alkanes of at least 4 members (excludes halogenated alkanes) is 1. The average molecular weight is 277 g/mol. The van der Waals surface area contributed by atoms with Crippen molar-refractivity contribution in [1.82, 2.24) is 5.32 Å². The second kappa shape index (κ2) is 9.82. The molecule has 0 aliphatic carbocycles. The molecule has 0 saturated heterocycles. The summed E-state index contributed by atoms with van der Waals surface area (Å²) in [6.45, 7) is 10.7. The van der Waals surface area contributed by atoms with Crippen LogP contribution in [0.3, 0.4) is 0 Å². The Morgan fingerprint density at radius 1 is 1.15 bits per heavy atom. The lowest BCUT2D eigenvalue weighted by Crippen LogP contribution is -2.35. The maximum absolute atomic E-state index is 5.81. The largest absolute Gasteiger partial charge is 0.492 e. The lowest BCUT2D eigenvalue weighted by molar-refractivity contribution is 0.263. The van der Waals surface area contributed by atoms with Gasteiger partial charge in [0, 0.05) is 6.04 Å². The minimum absolute atomic E-state index is 0.395. The van der Waals surface area contributed by atoms with E-state index in [4.69, 9.17) is 4.74 Å². The van der Waals surface area contributed by atoms with Gasteiger partial charge < -0.3 is 10.1 Å². The fourth-order valence-electron chi connectivity index (χ4n) is 2.23. The van der Waals surface area contributed by atoms with Gasteiger partial charge in [-0.15, -0.1) is 0 Å². The zero-order valence-corrected chi connectivity index (χ0v) is 13.6. The van der Waals surface area contributed by atoms with E-state index in [2.05, 4.69) is 45.1 Å². The summed E-state index contributed by atoms with van der Waals surface area (Å²) in [5, 5.41) is 3.60. The predicted molar refractivity (Wildman–Crippen MR) is 87.4 cm³/mol. The third-order valence-electron chi connectivity index (χ3n) is 3.82.